The van der Waals surface area contributed by atoms with E-state index in [0.717, 1.165) is 12.8 Å². The van der Waals surface area contributed by atoms with Crippen LogP contribution in [-0.2, 0) is 9.53 Å². The molecule has 18 heavy (non-hydrogen) atoms. The molecule has 0 aliphatic heterocycles. The first-order valence-electron chi connectivity index (χ1n) is 5.61. The van der Waals surface area contributed by atoms with Crippen LogP contribution in [0, 0.1) is 0 Å². The third-order valence-electron chi connectivity index (χ3n) is 2.07. The van der Waals surface area contributed by atoms with E-state index in [1.165, 1.54) is 24.0 Å². The highest BCUT2D eigenvalue weighted by Gasteiger charge is 2.08. The molecule has 0 spiro atoms. The van der Waals surface area contributed by atoms with Crippen molar-refractivity contribution < 1.29 is 19.4 Å². The molecule has 0 saturated heterocycles. The van der Waals surface area contributed by atoms with Crippen molar-refractivity contribution in [2.24, 2.45) is 0 Å². The fourth-order valence-electron chi connectivity index (χ4n) is 1.13. The molecule has 1 aromatic rings. The Bertz CT molecular complexity index is 422. The maximum Gasteiger partial charge on any atom is 0.354 e. The molecule has 0 atom stereocenters. The molecule has 0 saturated carbocycles. The smallest absolute Gasteiger partial charge is 0.354 e. The van der Waals surface area contributed by atoms with Gasteiger partial charge in [0.2, 0.25) is 0 Å². The van der Waals surface area contributed by atoms with E-state index in [1.807, 2.05) is 6.92 Å². The molecule has 0 radical (unpaired) electrons. The maximum atomic E-state index is 11.3. The fraction of sp³-hybridized carbons (Fsp3) is 0.417. The summed E-state index contributed by atoms with van der Waals surface area (Å²) in [5.74, 6) is -1.20. The first kappa shape index (κ1) is 14.5. The number of carbonyl (C=O) groups excluding carboxylic acids is 1. The molecule has 0 aliphatic rings. The molecule has 1 heterocycles. The van der Waals surface area contributed by atoms with E-state index in [0.29, 0.717) is 11.5 Å². The number of rotatable bonds is 7. The van der Waals surface area contributed by atoms with Crippen molar-refractivity contribution in [1.29, 1.82) is 0 Å². The number of hydrogen-bond donors (Lipinski definition) is 1. The van der Waals surface area contributed by atoms with Gasteiger partial charge in [0, 0.05) is 11.1 Å². The molecular weight excluding hydrogens is 254 g/mol. The first-order valence-corrected chi connectivity index (χ1v) is 6.59. The van der Waals surface area contributed by atoms with Crippen molar-refractivity contribution in [2.45, 2.75) is 24.7 Å². The lowest BCUT2D eigenvalue weighted by Gasteiger charge is -2.04. The number of esters is 1. The van der Waals surface area contributed by atoms with Gasteiger partial charge in [-0.1, -0.05) is 13.3 Å². The van der Waals surface area contributed by atoms with E-state index in [9.17, 15) is 9.59 Å². The SMILES string of the molecule is CCCCOC(=O)CSc1ccnc(C(=O)O)c1. The van der Waals surface area contributed by atoms with Gasteiger partial charge in [-0.3, -0.25) is 4.79 Å². The molecule has 6 heteroatoms. The Morgan fingerprint density at radius 1 is 1.50 bits per heavy atom. The molecule has 0 aromatic carbocycles. The van der Waals surface area contributed by atoms with Crippen LogP contribution in [0.3, 0.4) is 0 Å². The Hall–Kier alpha value is -1.56. The van der Waals surface area contributed by atoms with E-state index < -0.39 is 5.97 Å². The highest BCUT2D eigenvalue weighted by atomic mass is 32.2. The summed E-state index contributed by atoms with van der Waals surface area (Å²) >= 11 is 1.24. The maximum absolute atomic E-state index is 11.3. The molecule has 1 N–H and O–H groups in total. The molecule has 0 bridgehead atoms. The van der Waals surface area contributed by atoms with Crippen LogP contribution < -0.4 is 0 Å². The second-order valence-electron chi connectivity index (χ2n) is 3.54. The van der Waals surface area contributed by atoms with Crippen LogP contribution in [0.25, 0.3) is 0 Å². The van der Waals surface area contributed by atoms with Gasteiger partial charge < -0.3 is 9.84 Å². The minimum atomic E-state index is -1.08. The third kappa shape index (κ3) is 5.18. The summed E-state index contributed by atoms with van der Waals surface area (Å²) in [4.78, 5) is 26.4. The molecule has 5 nitrogen and oxygen atoms in total. The molecule has 1 rings (SSSR count). The zero-order valence-electron chi connectivity index (χ0n) is 10.1. The number of aromatic nitrogens is 1. The second kappa shape index (κ2) is 7.71. The van der Waals surface area contributed by atoms with Gasteiger partial charge in [-0.2, -0.15) is 0 Å². The molecular formula is C12H15NO4S. The largest absolute Gasteiger partial charge is 0.477 e. The first-order chi connectivity index (χ1) is 8.63. The summed E-state index contributed by atoms with van der Waals surface area (Å²) in [5, 5.41) is 8.77. The predicted octanol–water partition coefficient (Wildman–Crippen LogP) is 2.22. The number of hydrogen-bond acceptors (Lipinski definition) is 5. The number of carbonyl (C=O) groups is 2. The van der Waals surface area contributed by atoms with Crippen molar-refractivity contribution in [3.05, 3.63) is 24.0 Å². The van der Waals surface area contributed by atoms with E-state index >= 15 is 0 Å². The van der Waals surface area contributed by atoms with Gasteiger partial charge in [0.15, 0.2) is 0 Å². The molecule has 0 unspecified atom stereocenters. The summed E-state index contributed by atoms with van der Waals surface area (Å²) in [6.07, 6.45) is 3.25. The minimum Gasteiger partial charge on any atom is -0.477 e. The Balaban J connectivity index is 2.41. The van der Waals surface area contributed by atoms with Crippen LogP contribution in [0.4, 0.5) is 0 Å². The van der Waals surface area contributed by atoms with Crippen LogP contribution in [0.15, 0.2) is 23.2 Å². The van der Waals surface area contributed by atoms with Crippen molar-refractivity contribution in [1.82, 2.24) is 4.98 Å². The zero-order valence-corrected chi connectivity index (χ0v) is 10.9. The second-order valence-corrected chi connectivity index (χ2v) is 4.59. The number of thioether (sulfide) groups is 1. The van der Waals surface area contributed by atoms with Gasteiger partial charge in [0.25, 0.3) is 0 Å². The zero-order chi connectivity index (χ0) is 13.4. The van der Waals surface area contributed by atoms with Gasteiger partial charge >= 0.3 is 11.9 Å². The van der Waals surface area contributed by atoms with Crippen LogP contribution in [0.5, 0.6) is 0 Å². The third-order valence-corrected chi connectivity index (χ3v) is 3.04. The van der Waals surface area contributed by atoms with Crippen LogP contribution in [0.1, 0.15) is 30.3 Å². The average Bonchev–Trinajstić information content (AvgIpc) is 2.37. The molecule has 0 aliphatic carbocycles. The summed E-state index contributed by atoms with van der Waals surface area (Å²) in [6.45, 7) is 2.46. The summed E-state index contributed by atoms with van der Waals surface area (Å²) in [6, 6.07) is 3.10. The quantitative estimate of drug-likeness (QED) is 0.464. The number of unbranched alkanes of at least 4 members (excludes halogenated alkanes) is 1. The van der Waals surface area contributed by atoms with Crippen molar-refractivity contribution in [3.63, 3.8) is 0 Å². The lowest BCUT2D eigenvalue weighted by molar-refractivity contribution is -0.140. The van der Waals surface area contributed by atoms with E-state index in [2.05, 4.69) is 4.98 Å². The Kier molecular flexibility index (Phi) is 6.21. The topological polar surface area (TPSA) is 76.5 Å². The summed E-state index contributed by atoms with van der Waals surface area (Å²) < 4.78 is 4.99. The van der Waals surface area contributed by atoms with E-state index in [1.54, 1.807) is 6.07 Å². The normalized spacial score (nSPS) is 10.1. The van der Waals surface area contributed by atoms with Gasteiger partial charge in [-0.05, 0) is 18.6 Å². The standard InChI is InChI=1S/C12H15NO4S/c1-2-3-6-17-11(14)8-18-9-4-5-13-10(7-9)12(15)16/h4-5,7H,2-3,6,8H2,1H3,(H,15,16). The Labute approximate surface area is 110 Å². The highest BCUT2D eigenvalue weighted by Crippen LogP contribution is 2.18. The monoisotopic (exact) mass is 269 g/mol. The predicted molar refractivity (Wildman–Crippen MR) is 67.8 cm³/mol. The number of nitrogens with zero attached hydrogens (tertiary/aromatic N) is 1. The number of carboxylic acid groups (broad SMARTS) is 1. The van der Waals surface area contributed by atoms with Gasteiger partial charge in [0.1, 0.15) is 5.69 Å². The number of ether oxygens (including phenoxy) is 1. The van der Waals surface area contributed by atoms with E-state index in [-0.39, 0.29) is 17.4 Å². The van der Waals surface area contributed by atoms with E-state index in [4.69, 9.17) is 9.84 Å². The van der Waals surface area contributed by atoms with Crippen LogP contribution >= 0.6 is 11.8 Å². The number of pyridine rings is 1. The summed E-state index contributed by atoms with van der Waals surface area (Å²) in [7, 11) is 0. The van der Waals surface area contributed by atoms with Crippen LogP contribution in [0.2, 0.25) is 0 Å². The van der Waals surface area contributed by atoms with Gasteiger partial charge in [0.05, 0.1) is 12.4 Å². The fourth-order valence-corrected chi connectivity index (χ4v) is 1.85. The Morgan fingerprint density at radius 2 is 2.28 bits per heavy atom. The van der Waals surface area contributed by atoms with Gasteiger partial charge in [-0.25, -0.2) is 9.78 Å². The van der Waals surface area contributed by atoms with Crippen LogP contribution in [-0.4, -0.2) is 34.4 Å². The van der Waals surface area contributed by atoms with Crippen molar-refractivity contribution >= 4 is 23.7 Å². The van der Waals surface area contributed by atoms with Crippen molar-refractivity contribution in [3.8, 4) is 0 Å². The average molecular weight is 269 g/mol. The highest BCUT2D eigenvalue weighted by molar-refractivity contribution is 8.00. The molecule has 0 amide bonds. The van der Waals surface area contributed by atoms with Gasteiger partial charge in [-0.15, -0.1) is 11.8 Å². The Morgan fingerprint density at radius 3 is 2.94 bits per heavy atom. The van der Waals surface area contributed by atoms with Crippen molar-refractivity contribution in [2.75, 3.05) is 12.4 Å². The molecule has 1 aromatic heterocycles. The molecule has 0 fully saturated rings. The minimum absolute atomic E-state index is 0.0284. The molecule has 98 valence electrons. The number of aromatic carboxylic acids is 1. The lowest BCUT2D eigenvalue weighted by Crippen LogP contribution is -2.08. The number of carboxylic acids is 1. The lowest BCUT2D eigenvalue weighted by atomic mass is 10.3. The summed E-state index contributed by atoms with van der Waals surface area (Å²) in [5.41, 5.74) is -0.0284.